The van der Waals surface area contributed by atoms with Gasteiger partial charge in [-0.1, -0.05) is 6.42 Å². The molecule has 1 aromatic carbocycles. The molecule has 0 unspecified atom stereocenters. The largest absolute Gasteiger partial charge is 0.336 e. The van der Waals surface area contributed by atoms with Crippen molar-refractivity contribution in [2.75, 3.05) is 23.4 Å². The smallest absolute Gasteiger partial charge is 0.319 e. The Morgan fingerprint density at radius 2 is 2.13 bits per heavy atom. The van der Waals surface area contributed by atoms with E-state index < -0.39 is 0 Å². The summed E-state index contributed by atoms with van der Waals surface area (Å²) in [5.41, 5.74) is 2.70. The van der Waals surface area contributed by atoms with Gasteiger partial charge in [-0.25, -0.2) is 4.79 Å². The van der Waals surface area contributed by atoms with Gasteiger partial charge in [0.25, 0.3) is 0 Å². The normalized spacial score (nSPS) is 18.9. The second-order valence-electron chi connectivity index (χ2n) is 6.32. The van der Waals surface area contributed by atoms with Crippen molar-refractivity contribution < 1.29 is 9.59 Å². The molecule has 1 saturated carbocycles. The van der Waals surface area contributed by atoms with Crippen LogP contribution >= 0.6 is 11.8 Å². The molecule has 6 heteroatoms. The first kappa shape index (κ1) is 16.2. The van der Waals surface area contributed by atoms with Gasteiger partial charge in [-0.2, -0.15) is 11.8 Å². The lowest BCUT2D eigenvalue weighted by atomic mass is 9.84. The molecule has 0 bridgehead atoms. The van der Waals surface area contributed by atoms with Crippen LogP contribution in [0.15, 0.2) is 18.2 Å². The van der Waals surface area contributed by atoms with Gasteiger partial charge >= 0.3 is 6.03 Å². The standard InChI is InChI=1S/C17H23N3O2S/c1-23-17(8-3-9-17)11-18-16(22)19-13-6-7-14-12(10-13)4-2-5-15(21)20-14/h6-7,10H,2-5,8-9,11H2,1H3,(H,20,21)(H2,18,19,22). The van der Waals surface area contributed by atoms with Gasteiger partial charge in [0.2, 0.25) is 5.91 Å². The number of thioether (sulfide) groups is 1. The van der Waals surface area contributed by atoms with Crippen molar-refractivity contribution in [1.82, 2.24) is 5.32 Å². The lowest BCUT2D eigenvalue weighted by Crippen LogP contribution is -2.46. The summed E-state index contributed by atoms with van der Waals surface area (Å²) in [7, 11) is 0. The summed E-state index contributed by atoms with van der Waals surface area (Å²) in [4.78, 5) is 23.7. The lowest BCUT2D eigenvalue weighted by molar-refractivity contribution is -0.116. The summed E-state index contributed by atoms with van der Waals surface area (Å²) in [5.74, 6) is 0.0602. The first-order valence-electron chi connectivity index (χ1n) is 8.13. The fraction of sp³-hybridized carbons (Fsp3) is 0.529. The van der Waals surface area contributed by atoms with Crippen LogP contribution in [0, 0.1) is 0 Å². The molecule has 3 N–H and O–H groups in total. The fourth-order valence-corrected chi connectivity index (χ4v) is 4.01. The Labute approximate surface area is 141 Å². The third-order valence-electron chi connectivity index (χ3n) is 4.76. The number of urea groups is 1. The molecule has 5 nitrogen and oxygen atoms in total. The Kier molecular flexibility index (Phi) is 4.80. The molecule has 124 valence electrons. The summed E-state index contributed by atoms with van der Waals surface area (Å²) in [5, 5.41) is 8.78. The van der Waals surface area contributed by atoms with Crippen LogP contribution in [0.3, 0.4) is 0 Å². The first-order valence-corrected chi connectivity index (χ1v) is 9.35. The van der Waals surface area contributed by atoms with Crippen molar-refractivity contribution in [2.45, 2.75) is 43.3 Å². The van der Waals surface area contributed by atoms with E-state index in [9.17, 15) is 9.59 Å². The molecule has 0 saturated heterocycles. The van der Waals surface area contributed by atoms with Gasteiger partial charge in [-0.15, -0.1) is 0 Å². The van der Waals surface area contributed by atoms with Crippen LogP contribution < -0.4 is 16.0 Å². The van der Waals surface area contributed by atoms with Crippen LogP contribution in [0.2, 0.25) is 0 Å². The Morgan fingerprint density at radius 3 is 2.83 bits per heavy atom. The molecule has 1 aliphatic heterocycles. The van der Waals surface area contributed by atoms with Crippen LogP contribution in [0.5, 0.6) is 0 Å². The number of amides is 3. The van der Waals surface area contributed by atoms with E-state index in [1.54, 1.807) is 0 Å². The molecule has 0 atom stereocenters. The molecule has 2 aliphatic rings. The monoisotopic (exact) mass is 333 g/mol. The summed E-state index contributed by atoms with van der Waals surface area (Å²) in [6.45, 7) is 0.709. The molecule has 3 amide bonds. The van der Waals surface area contributed by atoms with E-state index in [4.69, 9.17) is 0 Å². The van der Waals surface area contributed by atoms with Crippen LogP contribution in [0.4, 0.5) is 16.2 Å². The highest BCUT2D eigenvalue weighted by Crippen LogP contribution is 2.42. The zero-order valence-electron chi connectivity index (χ0n) is 13.4. The van der Waals surface area contributed by atoms with Crippen molar-refractivity contribution in [3.05, 3.63) is 23.8 Å². The maximum atomic E-state index is 12.1. The number of nitrogens with one attached hydrogen (secondary N) is 3. The maximum absolute atomic E-state index is 12.1. The third-order valence-corrected chi connectivity index (χ3v) is 6.17. The van der Waals surface area contributed by atoms with E-state index in [0.717, 1.165) is 29.8 Å². The predicted molar refractivity (Wildman–Crippen MR) is 95.1 cm³/mol. The van der Waals surface area contributed by atoms with Crippen LogP contribution in [0.1, 0.15) is 37.7 Å². The zero-order valence-corrected chi connectivity index (χ0v) is 14.2. The van der Waals surface area contributed by atoms with Crippen LogP contribution in [0.25, 0.3) is 0 Å². The number of carbonyl (C=O) groups excluding carboxylic acids is 2. The molecule has 1 aliphatic carbocycles. The minimum Gasteiger partial charge on any atom is -0.336 e. The van der Waals surface area contributed by atoms with E-state index in [0.29, 0.717) is 13.0 Å². The van der Waals surface area contributed by atoms with E-state index in [1.807, 2.05) is 30.0 Å². The highest BCUT2D eigenvalue weighted by Gasteiger charge is 2.36. The average molecular weight is 333 g/mol. The van der Waals surface area contributed by atoms with Gasteiger partial charge in [0.05, 0.1) is 0 Å². The molecule has 0 aromatic heterocycles. The number of rotatable bonds is 4. The van der Waals surface area contributed by atoms with Gasteiger partial charge in [0.15, 0.2) is 0 Å². The van der Waals surface area contributed by atoms with Crippen molar-refractivity contribution in [3.63, 3.8) is 0 Å². The van der Waals surface area contributed by atoms with Gasteiger partial charge < -0.3 is 16.0 Å². The van der Waals surface area contributed by atoms with E-state index in [2.05, 4.69) is 22.2 Å². The molecule has 1 aromatic rings. The fourth-order valence-electron chi connectivity index (χ4n) is 3.09. The van der Waals surface area contributed by atoms with Crippen LogP contribution in [-0.4, -0.2) is 29.5 Å². The topological polar surface area (TPSA) is 70.2 Å². The molecular formula is C17H23N3O2S. The Balaban J connectivity index is 1.58. The van der Waals surface area contributed by atoms with Gasteiger partial charge in [-0.3, -0.25) is 4.79 Å². The predicted octanol–water partition coefficient (Wildman–Crippen LogP) is 3.37. The minimum absolute atomic E-state index is 0.0602. The summed E-state index contributed by atoms with van der Waals surface area (Å²) in [6, 6.07) is 5.48. The molecule has 0 spiro atoms. The number of benzene rings is 1. The van der Waals surface area contributed by atoms with E-state index in [1.165, 1.54) is 19.3 Å². The molecule has 23 heavy (non-hydrogen) atoms. The molecule has 1 heterocycles. The Morgan fingerprint density at radius 1 is 1.30 bits per heavy atom. The van der Waals surface area contributed by atoms with Gasteiger partial charge in [0.1, 0.15) is 0 Å². The average Bonchev–Trinajstić information content (AvgIpc) is 2.67. The summed E-state index contributed by atoms with van der Waals surface area (Å²) in [6.07, 6.45) is 7.94. The minimum atomic E-state index is -0.164. The van der Waals surface area contributed by atoms with E-state index in [-0.39, 0.29) is 16.7 Å². The summed E-state index contributed by atoms with van der Waals surface area (Å²) < 4.78 is 0.232. The SMILES string of the molecule is CSC1(CNC(=O)Nc2ccc3c(c2)CCCC(=O)N3)CCC1. The first-order chi connectivity index (χ1) is 11.1. The highest BCUT2D eigenvalue weighted by atomic mass is 32.2. The Bertz CT molecular complexity index is 608. The number of fused-ring (bicyclic) bond motifs is 1. The van der Waals surface area contributed by atoms with Crippen LogP contribution in [-0.2, 0) is 11.2 Å². The second-order valence-corrected chi connectivity index (χ2v) is 7.60. The number of aryl methyl sites for hydroxylation is 1. The molecule has 0 radical (unpaired) electrons. The number of anilines is 2. The molecule has 1 fully saturated rings. The highest BCUT2D eigenvalue weighted by molar-refractivity contribution is 8.00. The van der Waals surface area contributed by atoms with Gasteiger partial charge in [0, 0.05) is 29.1 Å². The number of hydrogen-bond acceptors (Lipinski definition) is 3. The third kappa shape index (κ3) is 3.80. The summed E-state index contributed by atoms with van der Waals surface area (Å²) >= 11 is 1.85. The second kappa shape index (κ2) is 6.83. The lowest BCUT2D eigenvalue weighted by Gasteiger charge is -2.40. The Hall–Kier alpha value is -1.69. The number of hydrogen-bond donors (Lipinski definition) is 3. The molecular weight excluding hydrogens is 310 g/mol. The van der Waals surface area contributed by atoms with Crippen molar-refractivity contribution >= 4 is 35.1 Å². The van der Waals surface area contributed by atoms with Crippen molar-refractivity contribution in [1.29, 1.82) is 0 Å². The number of carbonyl (C=O) groups is 2. The maximum Gasteiger partial charge on any atom is 0.319 e. The van der Waals surface area contributed by atoms with Crippen molar-refractivity contribution in [2.24, 2.45) is 0 Å². The van der Waals surface area contributed by atoms with E-state index >= 15 is 0 Å². The van der Waals surface area contributed by atoms with Gasteiger partial charge in [-0.05, 0) is 55.7 Å². The quantitative estimate of drug-likeness (QED) is 0.791. The zero-order chi connectivity index (χ0) is 16.3. The van der Waals surface area contributed by atoms with Crippen molar-refractivity contribution in [3.8, 4) is 0 Å². The molecule has 3 rings (SSSR count).